The smallest absolute Gasteiger partial charge is 0.490 e. The molecule has 2 aliphatic rings. The molecule has 19 heteroatoms. The second kappa shape index (κ2) is 16.7. The zero-order chi connectivity index (χ0) is 38.4. The van der Waals surface area contributed by atoms with Crippen molar-refractivity contribution in [1.29, 1.82) is 0 Å². The number of nitrogens with zero attached hydrogens (tertiary/aromatic N) is 6. The summed E-state index contributed by atoms with van der Waals surface area (Å²) in [5.74, 6) is -5.59. The first-order valence-corrected chi connectivity index (χ1v) is 16.9. The van der Waals surface area contributed by atoms with Crippen molar-refractivity contribution in [3.05, 3.63) is 71.1 Å². The van der Waals surface area contributed by atoms with E-state index in [0.29, 0.717) is 67.6 Å². The largest absolute Gasteiger partial charge is 0.491 e. The molecule has 0 bridgehead atoms. The molecule has 6 rings (SSSR count). The number of carbonyl (C=O) groups is 3. The molecule has 4 heterocycles. The van der Waals surface area contributed by atoms with Crippen LogP contribution in [-0.4, -0.2) is 122 Å². The van der Waals surface area contributed by atoms with Gasteiger partial charge in [0.05, 0.1) is 29.1 Å². The molecule has 2 aromatic carbocycles. The van der Waals surface area contributed by atoms with Gasteiger partial charge in [0.15, 0.2) is 23.0 Å². The number of hydrogen-bond donors (Lipinski definition) is 3. The molecule has 0 radical (unpaired) electrons. The Hall–Kier alpha value is -5.07. The molecule has 3 N–H and O–H groups in total. The van der Waals surface area contributed by atoms with Gasteiger partial charge in [-0.15, -0.1) is 0 Å². The van der Waals surface area contributed by atoms with E-state index in [1.807, 2.05) is 4.90 Å². The number of carbonyl (C=O) groups excluding carboxylic acids is 1. The fourth-order valence-electron chi connectivity index (χ4n) is 6.09. The molecule has 1 amide bonds. The van der Waals surface area contributed by atoms with Crippen LogP contribution in [0.4, 0.5) is 33.5 Å². The number of anilines is 2. The predicted octanol–water partition coefficient (Wildman–Crippen LogP) is 5.41. The predicted molar refractivity (Wildman–Crippen MR) is 183 cm³/mol. The number of carboxylic acid groups (broad SMARTS) is 2. The summed E-state index contributed by atoms with van der Waals surface area (Å²) in [4.78, 5) is 48.5. The monoisotopic (exact) mass is 767 g/mol. The van der Waals surface area contributed by atoms with Gasteiger partial charge in [0.2, 0.25) is 5.82 Å². The number of likely N-dealkylation sites (tertiary alicyclic amines) is 1. The van der Waals surface area contributed by atoms with Gasteiger partial charge in [-0.25, -0.2) is 19.2 Å². The lowest BCUT2D eigenvalue weighted by atomic mass is 10.1. The normalized spacial score (nSPS) is 16.7. The Labute approximate surface area is 304 Å². The van der Waals surface area contributed by atoms with Gasteiger partial charge >= 0.3 is 18.1 Å². The maximum atomic E-state index is 15.0. The molecule has 13 nitrogen and oxygen atoms in total. The Balaban J connectivity index is 0.000000705. The van der Waals surface area contributed by atoms with Crippen molar-refractivity contribution >= 4 is 46.6 Å². The molecule has 1 atom stereocenters. The van der Waals surface area contributed by atoms with Gasteiger partial charge < -0.3 is 25.2 Å². The molecule has 2 saturated heterocycles. The Morgan fingerprint density at radius 2 is 1.72 bits per heavy atom. The lowest BCUT2D eigenvalue weighted by Crippen LogP contribution is -2.51. The molecule has 2 aliphatic heterocycles. The van der Waals surface area contributed by atoms with E-state index in [4.69, 9.17) is 26.2 Å². The third kappa shape index (κ3) is 9.12. The highest BCUT2D eigenvalue weighted by Crippen LogP contribution is 2.32. The highest BCUT2D eigenvalue weighted by Gasteiger charge is 2.38. The number of hydrogen-bond acceptors (Lipinski definition) is 9. The number of alkyl halides is 3. The van der Waals surface area contributed by atoms with E-state index >= 15 is 0 Å². The number of carboxylic acids is 2. The average molecular weight is 768 g/mol. The van der Waals surface area contributed by atoms with Crippen LogP contribution in [0.5, 0.6) is 5.75 Å². The number of amides is 1. The Kier molecular flexibility index (Phi) is 12.4. The van der Waals surface area contributed by atoms with E-state index in [0.717, 1.165) is 19.5 Å². The fourth-order valence-corrected chi connectivity index (χ4v) is 6.36. The van der Waals surface area contributed by atoms with Crippen molar-refractivity contribution in [1.82, 2.24) is 29.1 Å². The first-order chi connectivity index (χ1) is 25.2. The maximum Gasteiger partial charge on any atom is 0.490 e. The summed E-state index contributed by atoms with van der Waals surface area (Å²) < 4.78 is 68.0. The van der Waals surface area contributed by atoms with Gasteiger partial charge in [-0.2, -0.15) is 17.6 Å². The summed E-state index contributed by atoms with van der Waals surface area (Å²) in [7, 11) is 0. The van der Waals surface area contributed by atoms with Crippen molar-refractivity contribution in [2.75, 3.05) is 57.7 Å². The molecule has 0 saturated carbocycles. The molecule has 4 aromatic rings. The van der Waals surface area contributed by atoms with E-state index in [-0.39, 0.29) is 28.8 Å². The SMILES string of the molecule is CCOc1ccc(-c2cnc3c(Nc4ccc(C(=O)N5CCN(CCN6CCCC6C(=O)O)CC5)c(Cl)c4)nccn23)c(F)c1F.O=C(O)C(F)(F)F. The first-order valence-electron chi connectivity index (χ1n) is 16.5. The van der Waals surface area contributed by atoms with Crippen molar-refractivity contribution < 1.29 is 51.3 Å². The third-order valence-corrected chi connectivity index (χ3v) is 9.08. The third-order valence-electron chi connectivity index (χ3n) is 8.77. The van der Waals surface area contributed by atoms with Gasteiger partial charge in [0.1, 0.15) is 6.04 Å². The number of nitrogens with one attached hydrogen (secondary N) is 1. The van der Waals surface area contributed by atoms with Gasteiger partial charge in [0, 0.05) is 62.9 Å². The topological polar surface area (TPSA) is 153 Å². The van der Waals surface area contributed by atoms with E-state index in [1.165, 1.54) is 24.5 Å². The second-order valence-electron chi connectivity index (χ2n) is 12.1. The zero-order valence-electron chi connectivity index (χ0n) is 28.2. The van der Waals surface area contributed by atoms with Crippen molar-refractivity contribution in [3.8, 4) is 17.0 Å². The maximum absolute atomic E-state index is 15.0. The van der Waals surface area contributed by atoms with Crippen LogP contribution in [0, 0.1) is 11.6 Å². The lowest BCUT2D eigenvalue weighted by Gasteiger charge is -2.36. The summed E-state index contributed by atoms with van der Waals surface area (Å²) in [5.41, 5.74) is 1.68. The summed E-state index contributed by atoms with van der Waals surface area (Å²) >= 11 is 6.59. The zero-order valence-corrected chi connectivity index (χ0v) is 29.0. The van der Waals surface area contributed by atoms with Gasteiger partial charge in [-0.3, -0.25) is 23.8 Å². The second-order valence-corrected chi connectivity index (χ2v) is 12.5. The standard InChI is InChI=1S/C32H34ClF2N7O4.C2HF3O2/c1-2-46-26-8-7-22(27(34)28(26)35)25-19-37-30-29(36-9-11-42(25)30)38-20-5-6-21(23(33)18-20)31(43)41-16-13-39(14-17-41)12-15-40-10-3-4-24(40)32(44)45;3-2(4,5)1(6)7/h5-9,11,18-19,24H,2-4,10,12-17H2,1H3,(H,36,38)(H,44,45);(H,6,7). The molecular formula is C34H35ClF5N7O6. The number of imidazole rings is 1. The van der Waals surface area contributed by atoms with Crippen LogP contribution >= 0.6 is 11.6 Å². The highest BCUT2D eigenvalue weighted by atomic mass is 35.5. The van der Waals surface area contributed by atoms with Gasteiger partial charge in [-0.05, 0) is 56.6 Å². The van der Waals surface area contributed by atoms with Crippen molar-refractivity contribution in [3.63, 3.8) is 0 Å². The minimum Gasteiger partial charge on any atom is -0.491 e. The molecule has 0 spiro atoms. The minimum absolute atomic E-state index is 0.0239. The number of benzene rings is 2. The van der Waals surface area contributed by atoms with Crippen LogP contribution in [-0.2, 0) is 9.59 Å². The van der Waals surface area contributed by atoms with Crippen molar-refractivity contribution in [2.45, 2.75) is 32.0 Å². The highest BCUT2D eigenvalue weighted by molar-refractivity contribution is 6.34. The fraction of sp³-hybridized carbons (Fsp3) is 0.382. The number of aromatic nitrogens is 3. The van der Waals surface area contributed by atoms with Crippen LogP contribution < -0.4 is 10.1 Å². The van der Waals surface area contributed by atoms with E-state index < -0.39 is 35.8 Å². The van der Waals surface area contributed by atoms with Gasteiger partial charge in [0.25, 0.3) is 5.91 Å². The summed E-state index contributed by atoms with van der Waals surface area (Å²) in [6, 6.07) is 7.45. The lowest BCUT2D eigenvalue weighted by molar-refractivity contribution is -0.192. The number of rotatable bonds is 10. The van der Waals surface area contributed by atoms with Crippen LogP contribution in [0.2, 0.25) is 5.02 Å². The number of piperazine rings is 1. The molecule has 2 fully saturated rings. The van der Waals surface area contributed by atoms with E-state index in [2.05, 4.69) is 20.2 Å². The van der Waals surface area contributed by atoms with E-state index in [1.54, 1.807) is 40.6 Å². The van der Waals surface area contributed by atoms with Crippen LogP contribution in [0.15, 0.2) is 48.9 Å². The van der Waals surface area contributed by atoms with Gasteiger partial charge in [-0.1, -0.05) is 11.6 Å². The molecular weight excluding hydrogens is 733 g/mol. The quantitative estimate of drug-likeness (QED) is 0.178. The number of halogens is 6. The van der Waals surface area contributed by atoms with E-state index in [9.17, 15) is 36.6 Å². The Morgan fingerprint density at radius 1 is 1.00 bits per heavy atom. The summed E-state index contributed by atoms with van der Waals surface area (Å²) in [6.07, 6.45) is 1.06. The van der Waals surface area contributed by atoms with Crippen LogP contribution in [0.1, 0.15) is 30.1 Å². The molecule has 53 heavy (non-hydrogen) atoms. The number of ether oxygens (including phenoxy) is 1. The Morgan fingerprint density at radius 3 is 2.36 bits per heavy atom. The van der Waals surface area contributed by atoms with Crippen LogP contribution in [0.3, 0.4) is 0 Å². The first kappa shape index (κ1) is 39.1. The molecule has 284 valence electrons. The Bertz CT molecular complexity index is 1970. The number of aliphatic carboxylic acids is 2. The average Bonchev–Trinajstić information content (AvgIpc) is 3.78. The summed E-state index contributed by atoms with van der Waals surface area (Å²) in [5, 5.41) is 20.0. The minimum atomic E-state index is -5.08. The molecule has 0 aliphatic carbocycles. The van der Waals surface area contributed by atoms with Crippen LogP contribution in [0.25, 0.3) is 16.9 Å². The number of fused-ring (bicyclic) bond motifs is 1. The molecule has 2 aromatic heterocycles. The van der Waals surface area contributed by atoms with Crippen molar-refractivity contribution in [2.24, 2.45) is 0 Å². The molecule has 1 unspecified atom stereocenters. The summed E-state index contributed by atoms with van der Waals surface area (Å²) in [6.45, 7) is 6.65.